The van der Waals surface area contributed by atoms with Gasteiger partial charge in [0, 0.05) is 35.6 Å². The molecule has 0 bridgehead atoms. The van der Waals surface area contributed by atoms with Crippen LogP contribution in [0.25, 0.3) is 21.8 Å². The Morgan fingerprint density at radius 3 is 1.17 bits per heavy atom. The third-order valence-electron chi connectivity index (χ3n) is 6.71. The number of rotatable bonds is 0. The summed E-state index contributed by atoms with van der Waals surface area (Å²) in [7, 11) is 4.40. The van der Waals surface area contributed by atoms with Crippen LogP contribution in [0.4, 0.5) is 0 Å². The predicted octanol–water partition coefficient (Wildman–Crippen LogP) is 7.39. The average molecular weight is 508 g/mol. The van der Waals surface area contributed by atoms with Crippen molar-refractivity contribution in [1.82, 2.24) is 4.57 Å². The summed E-state index contributed by atoms with van der Waals surface area (Å²) in [5.41, 5.74) is 13.7. The zero-order valence-corrected chi connectivity index (χ0v) is 22.7. The van der Waals surface area contributed by atoms with E-state index in [1.165, 1.54) is 66.3 Å². The summed E-state index contributed by atoms with van der Waals surface area (Å²) in [5, 5.41) is 2.80. The van der Waals surface area contributed by atoms with Crippen molar-refractivity contribution < 1.29 is 35.6 Å². The van der Waals surface area contributed by atoms with E-state index in [9.17, 15) is 0 Å². The van der Waals surface area contributed by atoms with Gasteiger partial charge in [0.1, 0.15) is 0 Å². The second-order valence-corrected chi connectivity index (χ2v) is 7.95. The van der Waals surface area contributed by atoms with Gasteiger partial charge in [-0.25, -0.2) is 0 Å². The minimum Gasteiger partial charge on any atom is -0.480 e. The van der Waals surface area contributed by atoms with Crippen molar-refractivity contribution in [1.29, 1.82) is 0 Å². The monoisotopic (exact) mass is 508 g/mol. The van der Waals surface area contributed by atoms with Crippen LogP contribution in [-0.4, -0.2) is 4.57 Å². The van der Waals surface area contributed by atoms with Gasteiger partial charge in [-0.05, 0) is 66.5 Å². The van der Waals surface area contributed by atoms with Gasteiger partial charge in [0.2, 0.25) is 0 Å². The maximum atomic E-state index is 4.40. The average Bonchev–Trinajstić information content (AvgIpc) is 3.02. The molecule has 0 saturated heterocycles. The van der Waals surface area contributed by atoms with Crippen LogP contribution in [0.1, 0.15) is 44.5 Å². The van der Waals surface area contributed by atoms with Crippen molar-refractivity contribution in [3.8, 4) is 0 Å². The summed E-state index contributed by atoms with van der Waals surface area (Å²) in [4.78, 5) is 0. The van der Waals surface area contributed by atoms with Gasteiger partial charge < -0.3 is 4.57 Å². The SMILES string of the molecule is [CH2-]n1c2c(C)c(C)c(C)c(C)c2c2c(C)c(C)c(C)c(C)c21.[La].[c-]1ccccc1. The van der Waals surface area contributed by atoms with Crippen molar-refractivity contribution in [2.75, 3.05) is 0 Å². The largest absolute Gasteiger partial charge is 0.480 e. The predicted molar refractivity (Wildman–Crippen MR) is 123 cm³/mol. The van der Waals surface area contributed by atoms with Gasteiger partial charge in [0.05, 0.1) is 0 Å². The van der Waals surface area contributed by atoms with Crippen LogP contribution in [0.2, 0.25) is 0 Å². The molecule has 0 aliphatic carbocycles. The topological polar surface area (TPSA) is 4.93 Å². The molecule has 149 valence electrons. The van der Waals surface area contributed by atoms with Gasteiger partial charge in [-0.1, -0.05) is 55.2 Å². The smallest absolute Gasteiger partial charge is 0 e. The molecule has 1 nitrogen and oxygen atoms in total. The molecule has 0 amide bonds. The van der Waals surface area contributed by atoms with Gasteiger partial charge in [0.25, 0.3) is 0 Å². The molecule has 2 heteroatoms. The fourth-order valence-electron chi connectivity index (χ4n) is 4.33. The number of hydrogen-bond donors (Lipinski definition) is 0. The Morgan fingerprint density at radius 1 is 0.552 bits per heavy atom. The molecule has 29 heavy (non-hydrogen) atoms. The molecular formula is C27H31LaN-2. The molecule has 3 aromatic carbocycles. The maximum Gasteiger partial charge on any atom is 0 e. The number of nitrogens with zero attached hydrogens (tertiary/aromatic N) is 1. The normalized spacial score (nSPS) is 10.6. The zero-order valence-electron chi connectivity index (χ0n) is 19.1. The molecule has 1 aromatic heterocycles. The van der Waals surface area contributed by atoms with E-state index in [4.69, 9.17) is 0 Å². The van der Waals surface area contributed by atoms with E-state index in [-0.39, 0.29) is 35.6 Å². The van der Waals surface area contributed by atoms with Crippen molar-refractivity contribution in [2.45, 2.75) is 55.4 Å². The molecule has 4 rings (SSSR count). The summed E-state index contributed by atoms with van der Waals surface area (Å²) >= 11 is 0. The second kappa shape index (κ2) is 9.12. The fraction of sp³-hybridized carbons (Fsp3) is 0.296. The first-order valence-corrected chi connectivity index (χ1v) is 9.92. The second-order valence-electron chi connectivity index (χ2n) is 7.95. The van der Waals surface area contributed by atoms with Gasteiger partial charge in [-0.3, -0.25) is 0 Å². The van der Waals surface area contributed by atoms with E-state index in [1.54, 1.807) is 0 Å². The molecule has 0 unspecified atom stereocenters. The third kappa shape index (κ3) is 3.83. The van der Waals surface area contributed by atoms with Crippen molar-refractivity contribution in [2.24, 2.45) is 0 Å². The molecule has 0 aliphatic rings. The molecule has 1 radical (unpaired) electrons. The number of fused-ring (bicyclic) bond motifs is 3. The summed E-state index contributed by atoms with van der Waals surface area (Å²) in [6, 6.07) is 12.5. The fourth-order valence-corrected chi connectivity index (χ4v) is 4.33. The summed E-state index contributed by atoms with van der Waals surface area (Å²) in [6.45, 7) is 17.9. The molecule has 0 saturated carbocycles. The summed E-state index contributed by atoms with van der Waals surface area (Å²) in [6.07, 6.45) is 0. The Hall–Kier alpha value is -1.48. The summed E-state index contributed by atoms with van der Waals surface area (Å²) < 4.78 is 2.17. The summed E-state index contributed by atoms with van der Waals surface area (Å²) in [5.74, 6) is 0. The van der Waals surface area contributed by atoms with E-state index in [1.807, 2.05) is 30.3 Å². The maximum absolute atomic E-state index is 4.40. The molecule has 0 fully saturated rings. The van der Waals surface area contributed by atoms with Crippen molar-refractivity contribution in [3.05, 3.63) is 88.0 Å². The Balaban J connectivity index is 0.000000369. The van der Waals surface area contributed by atoms with E-state index >= 15 is 0 Å². The van der Waals surface area contributed by atoms with Crippen LogP contribution >= 0.6 is 0 Å². The molecule has 0 aliphatic heterocycles. The number of benzene rings is 3. The first kappa shape index (κ1) is 23.8. The van der Waals surface area contributed by atoms with Crippen molar-refractivity contribution >= 4 is 21.8 Å². The number of hydrogen-bond acceptors (Lipinski definition) is 0. The Labute approximate surface area is 204 Å². The quantitative estimate of drug-likeness (QED) is 0.218. The molecular weight excluding hydrogens is 477 g/mol. The zero-order chi connectivity index (χ0) is 20.7. The minimum absolute atomic E-state index is 0. The van der Waals surface area contributed by atoms with Crippen LogP contribution in [0, 0.1) is 104 Å². The molecule has 0 N–H and O–H groups in total. The third-order valence-corrected chi connectivity index (χ3v) is 6.71. The van der Waals surface area contributed by atoms with E-state index in [0.717, 1.165) is 0 Å². The van der Waals surface area contributed by atoms with Crippen LogP contribution in [0.5, 0.6) is 0 Å². The van der Waals surface area contributed by atoms with Crippen LogP contribution in [0.15, 0.2) is 30.3 Å². The number of aryl methyl sites for hydroxylation is 4. The van der Waals surface area contributed by atoms with Gasteiger partial charge >= 0.3 is 0 Å². The first-order valence-electron chi connectivity index (χ1n) is 9.92. The van der Waals surface area contributed by atoms with E-state index in [2.05, 4.69) is 73.1 Å². The molecule has 0 atom stereocenters. The minimum atomic E-state index is 0. The van der Waals surface area contributed by atoms with Crippen molar-refractivity contribution in [3.63, 3.8) is 0 Å². The van der Waals surface area contributed by atoms with Gasteiger partial charge in [-0.2, -0.15) is 36.4 Å². The number of aromatic nitrogens is 1. The van der Waals surface area contributed by atoms with Gasteiger partial charge in [0.15, 0.2) is 0 Å². The Morgan fingerprint density at radius 2 is 0.897 bits per heavy atom. The Kier molecular flexibility index (Phi) is 7.49. The molecule has 0 spiro atoms. The van der Waals surface area contributed by atoms with Crippen LogP contribution in [0.3, 0.4) is 0 Å². The first-order chi connectivity index (χ1) is 13.2. The molecule has 1 heterocycles. The molecule has 4 aromatic rings. The van der Waals surface area contributed by atoms with Crippen LogP contribution < -0.4 is 0 Å². The standard InChI is InChI=1S/C21H26N.C6H5.La/c1-10-12(3)16(7)20-18(14(10)5)19-15(6)11(2)13(4)17(8)21(19)22(20)9;1-2-4-6-5-3-1;/h9H2,1-8H3;1-5H;/q2*-1;. The Bertz CT molecular complexity index is 1080. The van der Waals surface area contributed by atoms with Crippen LogP contribution in [-0.2, 0) is 0 Å². The van der Waals surface area contributed by atoms with E-state index < -0.39 is 0 Å². The van der Waals surface area contributed by atoms with E-state index in [0.29, 0.717) is 0 Å². The van der Waals surface area contributed by atoms with Gasteiger partial charge in [-0.15, -0.1) is 7.05 Å².